The molecule has 42 heavy (non-hydrogen) atoms. The third-order valence-corrected chi connectivity index (χ3v) is 8.55. The number of ketones is 3. The molecule has 0 fully saturated rings. The smallest absolute Gasteiger partial charge is 0.412 e. The maximum Gasteiger partial charge on any atom is 0.412 e. The van der Waals surface area contributed by atoms with Crippen molar-refractivity contribution in [3.63, 3.8) is 0 Å². The number of nitrogens with zero attached hydrogens (tertiary/aromatic N) is 1. The fourth-order valence-electron chi connectivity index (χ4n) is 4.22. The normalized spacial score (nSPS) is 11.2. The molecule has 0 aliphatic heterocycles. The number of fused-ring (bicyclic) bond motifs is 2. The summed E-state index contributed by atoms with van der Waals surface area (Å²) < 4.78 is 9.06. The molecule has 0 spiro atoms. The van der Waals surface area contributed by atoms with Gasteiger partial charge < -0.3 is 15.0 Å². The van der Waals surface area contributed by atoms with Gasteiger partial charge in [0.1, 0.15) is 5.60 Å². The number of aryl methyl sites for hydroxylation is 1. The van der Waals surface area contributed by atoms with Gasteiger partial charge in [-0.1, -0.05) is 6.07 Å². The summed E-state index contributed by atoms with van der Waals surface area (Å²) in [6.07, 6.45) is 1.34. The zero-order valence-electron chi connectivity index (χ0n) is 24.4. The third-order valence-electron chi connectivity index (χ3n) is 6.12. The van der Waals surface area contributed by atoms with Gasteiger partial charge in [0.25, 0.3) is 0 Å². The zero-order chi connectivity index (χ0) is 30.8. The summed E-state index contributed by atoms with van der Waals surface area (Å²) in [5.74, 6) is 0.0866. The van der Waals surface area contributed by atoms with Crippen LogP contribution in [0.5, 0.6) is 0 Å². The predicted molar refractivity (Wildman–Crippen MR) is 171 cm³/mol. The molecule has 8 nitrogen and oxygen atoms in total. The van der Waals surface area contributed by atoms with Gasteiger partial charge in [0, 0.05) is 34.8 Å². The number of nitrogens with two attached hydrogens (primary N) is 1. The number of rotatable bonds is 6. The molecule has 0 saturated carbocycles. The van der Waals surface area contributed by atoms with Crippen LogP contribution in [0.4, 0.5) is 16.2 Å². The van der Waals surface area contributed by atoms with Crippen molar-refractivity contribution < 1.29 is 23.9 Å². The number of carbonyl (C=O) groups is 4. The van der Waals surface area contributed by atoms with Crippen LogP contribution in [0.2, 0.25) is 0 Å². The topological polar surface area (TPSA) is 120 Å². The molecule has 0 saturated heterocycles. The summed E-state index contributed by atoms with van der Waals surface area (Å²) in [6.45, 7) is 8.49. The molecule has 3 heterocycles. The van der Waals surface area contributed by atoms with Crippen molar-refractivity contribution in [1.82, 2.24) is 4.57 Å². The Labute approximate surface area is 252 Å². The Morgan fingerprint density at radius 2 is 1.43 bits per heavy atom. The minimum absolute atomic E-state index is 0.0395. The summed E-state index contributed by atoms with van der Waals surface area (Å²) in [4.78, 5) is 48.9. The van der Waals surface area contributed by atoms with E-state index >= 15 is 0 Å². The maximum atomic E-state index is 12.8. The molecule has 0 bridgehead atoms. The number of carbonyl (C=O) groups excluding carboxylic acids is 4. The number of nitrogen functional groups attached to an aromatic ring is 1. The Kier molecular flexibility index (Phi) is 8.98. The minimum atomic E-state index is -0.597. The summed E-state index contributed by atoms with van der Waals surface area (Å²) in [6, 6.07) is 16.9. The predicted octanol–water partition coefficient (Wildman–Crippen LogP) is 7.90. The van der Waals surface area contributed by atoms with E-state index in [4.69, 9.17) is 10.5 Å². The van der Waals surface area contributed by atoms with E-state index in [1.54, 1.807) is 58.5 Å². The standard InChI is InChI=1S/C22H24N2O4S.C10H9NOS/c1-13(25)20-10-15-8-14(6-7-19(15)29-20)9-18(26)17-11-16(12-24(17)5)23-21(27)28-22(2,3)4;1-6(12)10-5-7-4-8(11)2-3-9(7)13-10/h6-8,10-12H,9H2,1-5H3,(H,23,27);2-5H,11H2,1H3. The van der Waals surface area contributed by atoms with Crippen molar-refractivity contribution in [3.05, 3.63) is 81.8 Å². The van der Waals surface area contributed by atoms with Crippen molar-refractivity contribution in [3.8, 4) is 0 Å². The molecule has 5 aromatic rings. The van der Waals surface area contributed by atoms with Gasteiger partial charge in [0.15, 0.2) is 17.3 Å². The highest BCUT2D eigenvalue weighted by atomic mass is 32.1. The average molecular weight is 604 g/mol. The van der Waals surface area contributed by atoms with Gasteiger partial charge in [0.2, 0.25) is 0 Å². The second-order valence-electron chi connectivity index (χ2n) is 11.0. The fraction of sp³-hybridized carbons (Fsp3) is 0.250. The molecule has 0 aliphatic carbocycles. The number of Topliss-reactive ketones (excluding diaryl/α,β-unsaturated/α-hetero) is 3. The number of ether oxygens (including phenoxy) is 1. The average Bonchev–Trinajstić information content (AvgIpc) is 3.59. The van der Waals surface area contributed by atoms with Gasteiger partial charge in [-0.2, -0.15) is 0 Å². The van der Waals surface area contributed by atoms with Crippen LogP contribution in [0.1, 0.15) is 70.0 Å². The van der Waals surface area contributed by atoms with E-state index in [9.17, 15) is 19.2 Å². The summed E-state index contributed by atoms with van der Waals surface area (Å²) in [5.41, 5.74) is 7.64. The molecule has 10 heteroatoms. The van der Waals surface area contributed by atoms with Crippen molar-refractivity contribution in [2.75, 3.05) is 11.1 Å². The Balaban J connectivity index is 0.000000258. The summed E-state index contributed by atoms with van der Waals surface area (Å²) in [5, 5.41) is 4.66. The van der Waals surface area contributed by atoms with E-state index in [0.717, 1.165) is 36.3 Å². The van der Waals surface area contributed by atoms with E-state index in [0.29, 0.717) is 16.3 Å². The summed E-state index contributed by atoms with van der Waals surface area (Å²) >= 11 is 2.96. The van der Waals surface area contributed by atoms with Crippen LogP contribution < -0.4 is 11.1 Å². The van der Waals surface area contributed by atoms with Crippen LogP contribution in [0.25, 0.3) is 20.2 Å². The van der Waals surface area contributed by atoms with Crippen molar-refractivity contribution in [1.29, 1.82) is 0 Å². The molecule has 3 aromatic heterocycles. The van der Waals surface area contributed by atoms with E-state index < -0.39 is 11.7 Å². The first-order valence-electron chi connectivity index (χ1n) is 13.2. The first kappa shape index (κ1) is 30.7. The highest BCUT2D eigenvalue weighted by molar-refractivity contribution is 7.21. The van der Waals surface area contributed by atoms with E-state index in [1.807, 2.05) is 48.5 Å². The molecule has 3 N–H and O–H groups in total. The quantitative estimate of drug-likeness (QED) is 0.150. The molecular formula is C32H33N3O5S2. The molecular weight excluding hydrogens is 571 g/mol. The first-order chi connectivity index (χ1) is 19.7. The molecule has 218 valence electrons. The van der Waals surface area contributed by atoms with Crippen molar-refractivity contribution in [2.45, 2.75) is 46.6 Å². The Hall–Kier alpha value is -4.28. The van der Waals surface area contributed by atoms with Crippen LogP contribution in [0.3, 0.4) is 0 Å². The highest BCUT2D eigenvalue weighted by Gasteiger charge is 2.19. The van der Waals surface area contributed by atoms with E-state index in [-0.39, 0.29) is 23.8 Å². The van der Waals surface area contributed by atoms with E-state index in [2.05, 4.69) is 5.32 Å². The molecule has 0 radical (unpaired) electrons. The minimum Gasteiger partial charge on any atom is -0.444 e. The van der Waals surface area contributed by atoms with Gasteiger partial charge in [-0.15, -0.1) is 22.7 Å². The molecule has 5 rings (SSSR count). The molecule has 0 atom stereocenters. The van der Waals surface area contributed by atoms with Crippen LogP contribution >= 0.6 is 22.7 Å². The number of hydrogen-bond acceptors (Lipinski definition) is 8. The number of anilines is 2. The van der Waals surface area contributed by atoms with Crippen molar-refractivity contribution >= 4 is 77.7 Å². The number of hydrogen-bond donors (Lipinski definition) is 2. The second-order valence-corrected chi connectivity index (χ2v) is 13.1. The van der Waals surface area contributed by atoms with Gasteiger partial charge in [-0.3, -0.25) is 19.7 Å². The lowest BCUT2D eigenvalue weighted by molar-refractivity contribution is 0.0635. The fourth-order valence-corrected chi connectivity index (χ4v) is 6.10. The number of thiophene rings is 2. The van der Waals surface area contributed by atoms with Crippen LogP contribution in [0.15, 0.2) is 60.8 Å². The lowest BCUT2D eigenvalue weighted by atomic mass is 10.1. The number of benzene rings is 2. The van der Waals surface area contributed by atoms with Gasteiger partial charge in [-0.05, 0) is 99.5 Å². The van der Waals surface area contributed by atoms with Gasteiger partial charge >= 0.3 is 6.09 Å². The van der Waals surface area contributed by atoms with Gasteiger partial charge in [-0.25, -0.2) is 4.79 Å². The Morgan fingerprint density at radius 3 is 2.00 bits per heavy atom. The Bertz CT molecular complexity index is 1820. The maximum absolute atomic E-state index is 12.8. The SMILES string of the molecule is CC(=O)c1cc2cc(CC(=O)c3cc(NC(=O)OC(C)(C)C)cn3C)ccc2s1.CC(=O)c1cc2cc(N)ccc2s1. The zero-order valence-corrected chi connectivity index (χ0v) is 26.0. The number of aromatic nitrogens is 1. The molecule has 0 unspecified atom stereocenters. The second kappa shape index (κ2) is 12.3. The summed E-state index contributed by atoms with van der Waals surface area (Å²) in [7, 11) is 1.76. The van der Waals surface area contributed by atoms with E-state index in [1.165, 1.54) is 22.7 Å². The highest BCUT2D eigenvalue weighted by Crippen LogP contribution is 2.28. The van der Waals surface area contributed by atoms with Crippen LogP contribution in [-0.4, -0.2) is 33.6 Å². The van der Waals surface area contributed by atoms with Crippen LogP contribution in [0, 0.1) is 0 Å². The number of nitrogens with one attached hydrogen (secondary N) is 1. The van der Waals surface area contributed by atoms with Gasteiger partial charge in [0.05, 0.1) is 21.1 Å². The first-order valence-corrected chi connectivity index (χ1v) is 14.8. The Morgan fingerprint density at radius 1 is 0.857 bits per heavy atom. The lowest BCUT2D eigenvalue weighted by Crippen LogP contribution is -2.27. The molecule has 2 aromatic carbocycles. The molecule has 1 amide bonds. The van der Waals surface area contributed by atoms with Crippen molar-refractivity contribution in [2.24, 2.45) is 7.05 Å². The largest absolute Gasteiger partial charge is 0.444 e. The molecule has 0 aliphatic rings. The van der Waals surface area contributed by atoms with Crippen LogP contribution in [-0.2, 0) is 18.2 Å². The monoisotopic (exact) mass is 603 g/mol. The third kappa shape index (κ3) is 7.71. The number of amides is 1. The lowest BCUT2D eigenvalue weighted by Gasteiger charge is -2.19.